The van der Waals surface area contributed by atoms with Gasteiger partial charge in [0.2, 0.25) is 0 Å². The fourth-order valence-electron chi connectivity index (χ4n) is 2.15. The predicted octanol–water partition coefficient (Wildman–Crippen LogP) is 1.61. The van der Waals surface area contributed by atoms with Gasteiger partial charge >= 0.3 is 0 Å². The highest BCUT2D eigenvalue weighted by molar-refractivity contribution is 4.69. The summed E-state index contributed by atoms with van der Waals surface area (Å²) in [6.07, 6.45) is 5.02. The maximum absolute atomic E-state index is 6.02. The van der Waals surface area contributed by atoms with Gasteiger partial charge in [-0.15, -0.1) is 0 Å². The van der Waals surface area contributed by atoms with E-state index in [9.17, 15) is 0 Å². The van der Waals surface area contributed by atoms with Crippen LogP contribution in [0.3, 0.4) is 0 Å². The molecule has 1 aliphatic rings. The summed E-state index contributed by atoms with van der Waals surface area (Å²) < 4.78 is 5.61. The molecule has 3 nitrogen and oxygen atoms in total. The van der Waals surface area contributed by atoms with Crippen molar-refractivity contribution in [1.29, 1.82) is 0 Å². The zero-order valence-corrected chi connectivity index (χ0v) is 10.2. The first-order chi connectivity index (χ1) is 7.22. The molecule has 1 saturated heterocycles. The third-order valence-corrected chi connectivity index (χ3v) is 3.01. The Bertz CT molecular complexity index is 164. The summed E-state index contributed by atoms with van der Waals surface area (Å²) in [5.41, 5.74) is 6.02. The molecule has 1 aliphatic heterocycles. The summed E-state index contributed by atoms with van der Waals surface area (Å²) in [6, 6.07) is 0.384. The first kappa shape index (κ1) is 12.9. The molecule has 1 heterocycles. The van der Waals surface area contributed by atoms with E-state index in [0.29, 0.717) is 12.1 Å². The number of nitrogens with zero attached hydrogens (tertiary/aromatic N) is 1. The summed E-state index contributed by atoms with van der Waals surface area (Å²) in [4.78, 5) is 2.49. The Kier molecular flexibility index (Phi) is 6.22. The van der Waals surface area contributed by atoms with Crippen LogP contribution < -0.4 is 5.73 Å². The summed E-state index contributed by atoms with van der Waals surface area (Å²) >= 11 is 0. The van der Waals surface area contributed by atoms with Gasteiger partial charge in [-0.05, 0) is 32.7 Å². The zero-order chi connectivity index (χ0) is 11.1. The van der Waals surface area contributed by atoms with Crippen molar-refractivity contribution in [3.05, 3.63) is 0 Å². The monoisotopic (exact) mass is 214 g/mol. The fourth-order valence-corrected chi connectivity index (χ4v) is 2.15. The van der Waals surface area contributed by atoms with E-state index >= 15 is 0 Å². The topological polar surface area (TPSA) is 38.5 Å². The number of ether oxygens (including phenoxy) is 1. The molecule has 0 spiro atoms. The number of nitrogens with two attached hydrogens (primary N) is 1. The summed E-state index contributed by atoms with van der Waals surface area (Å²) in [5, 5.41) is 0. The molecule has 2 N–H and O–H groups in total. The summed E-state index contributed by atoms with van der Waals surface area (Å²) in [7, 11) is 0. The van der Waals surface area contributed by atoms with Crippen molar-refractivity contribution in [3.8, 4) is 0 Å². The van der Waals surface area contributed by atoms with Gasteiger partial charge in [-0.25, -0.2) is 0 Å². The average molecular weight is 214 g/mol. The molecule has 0 aromatic heterocycles. The van der Waals surface area contributed by atoms with Gasteiger partial charge < -0.3 is 15.4 Å². The largest absolute Gasteiger partial charge is 0.377 e. The van der Waals surface area contributed by atoms with Crippen LogP contribution in [0.1, 0.15) is 39.5 Å². The molecule has 2 atom stereocenters. The highest BCUT2D eigenvalue weighted by atomic mass is 16.5. The lowest BCUT2D eigenvalue weighted by Gasteiger charge is -2.23. The second-order valence-corrected chi connectivity index (χ2v) is 4.67. The second-order valence-electron chi connectivity index (χ2n) is 4.67. The van der Waals surface area contributed by atoms with Gasteiger partial charge in [0.15, 0.2) is 0 Å². The fraction of sp³-hybridized carbons (Fsp3) is 1.00. The SMILES string of the molecule is CCCC(N)CCN1CCCOC(C)C1. The van der Waals surface area contributed by atoms with Crippen molar-refractivity contribution in [2.24, 2.45) is 5.73 Å². The van der Waals surface area contributed by atoms with Crippen LogP contribution in [0.5, 0.6) is 0 Å². The molecule has 0 amide bonds. The molecule has 0 radical (unpaired) electrons. The van der Waals surface area contributed by atoms with E-state index in [1.54, 1.807) is 0 Å². The van der Waals surface area contributed by atoms with Crippen molar-refractivity contribution >= 4 is 0 Å². The highest BCUT2D eigenvalue weighted by Gasteiger charge is 2.15. The molecule has 90 valence electrons. The van der Waals surface area contributed by atoms with Gasteiger partial charge in [0.25, 0.3) is 0 Å². The summed E-state index contributed by atoms with van der Waals surface area (Å²) in [5.74, 6) is 0. The predicted molar refractivity (Wildman–Crippen MR) is 64.0 cm³/mol. The average Bonchev–Trinajstić information content (AvgIpc) is 2.40. The van der Waals surface area contributed by atoms with Crippen molar-refractivity contribution in [3.63, 3.8) is 0 Å². The van der Waals surface area contributed by atoms with E-state index in [0.717, 1.165) is 39.0 Å². The Hall–Kier alpha value is -0.120. The molecule has 1 fully saturated rings. The lowest BCUT2D eigenvalue weighted by atomic mass is 10.1. The molecule has 0 aliphatic carbocycles. The van der Waals surface area contributed by atoms with E-state index < -0.39 is 0 Å². The van der Waals surface area contributed by atoms with Gasteiger partial charge in [-0.3, -0.25) is 0 Å². The molecule has 2 unspecified atom stereocenters. The van der Waals surface area contributed by atoms with Crippen molar-refractivity contribution < 1.29 is 4.74 Å². The van der Waals surface area contributed by atoms with Gasteiger partial charge in [-0.1, -0.05) is 13.3 Å². The normalized spacial score (nSPS) is 26.2. The first-order valence-electron chi connectivity index (χ1n) is 6.32. The van der Waals surface area contributed by atoms with Crippen LogP contribution in [0.4, 0.5) is 0 Å². The Morgan fingerprint density at radius 1 is 1.47 bits per heavy atom. The number of hydrogen-bond acceptors (Lipinski definition) is 3. The minimum atomic E-state index is 0.384. The molecular formula is C12H26N2O. The Morgan fingerprint density at radius 2 is 2.27 bits per heavy atom. The van der Waals surface area contributed by atoms with Crippen LogP contribution in [-0.2, 0) is 4.74 Å². The van der Waals surface area contributed by atoms with Crippen molar-refractivity contribution in [1.82, 2.24) is 4.90 Å². The number of hydrogen-bond donors (Lipinski definition) is 1. The first-order valence-corrected chi connectivity index (χ1v) is 6.32. The van der Waals surface area contributed by atoms with E-state index in [-0.39, 0.29) is 0 Å². The van der Waals surface area contributed by atoms with Crippen LogP contribution in [0.25, 0.3) is 0 Å². The maximum Gasteiger partial charge on any atom is 0.0673 e. The second kappa shape index (κ2) is 7.20. The molecule has 0 saturated carbocycles. The molecule has 0 bridgehead atoms. The molecule has 0 aromatic carbocycles. The van der Waals surface area contributed by atoms with Gasteiger partial charge in [0.1, 0.15) is 0 Å². The molecule has 1 rings (SSSR count). The summed E-state index contributed by atoms with van der Waals surface area (Å²) in [6.45, 7) is 8.64. The molecule has 15 heavy (non-hydrogen) atoms. The molecule has 0 aromatic rings. The smallest absolute Gasteiger partial charge is 0.0673 e. The standard InChI is InChI=1S/C12H26N2O/c1-3-5-12(13)6-8-14-7-4-9-15-11(2)10-14/h11-12H,3-10,13H2,1-2H3. The third-order valence-electron chi connectivity index (χ3n) is 3.01. The zero-order valence-electron chi connectivity index (χ0n) is 10.2. The molecule has 3 heteroatoms. The lowest BCUT2D eigenvalue weighted by molar-refractivity contribution is 0.0673. The van der Waals surface area contributed by atoms with E-state index in [4.69, 9.17) is 10.5 Å². The van der Waals surface area contributed by atoms with Crippen LogP contribution in [0, 0.1) is 0 Å². The van der Waals surface area contributed by atoms with Crippen LogP contribution in [0.15, 0.2) is 0 Å². The molecular weight excluding hydrogens is 188 g/mol. The Morgan fingerprint density at radius 3 is 3.00 bits per heavy atom. The van der Waals surface area contributed by atoms with E-state index in [1.165, 1.54) is 13.0 Å². The number of rotatable bonds is 5. The minimum Gasteiger partial charge on any atom is -0.377 e. The maximum atomic E-state index is 6.02. The van der Waals surface area contributed by atoms with Gasteiger partial charge in [0, 0.05) is 25.7 Å². The van der Waals surface area contributed by atoms with E-state index in [2.05, 4.69) is 18.7 Å². The highest BCUT2D eigenvalue weighted by Crippen LogP contribution is 2.07. The Labute approximate surface area is 94.0 Å². The minimum absolute atomic E-state index is 0.384. The Balaban J connectivity index is 2.18. The third kappa shape index (κ3) is 5.50. The van der Waals surface area contributed by atoms with Gasteiger partial charge in [-0.2, -0.15) is 0 Å². The lowest BCUT2D eigenvalue weighted by Crippen LogP contribution is -2.34. The van der Waals surface area contributed by atoms with Crippen LogP contribution >= 0.6 is 0 Å². The van der Waals surface area contributed by atoms with Crippen LogP contribution in [0.2, 0.25) is 0 Å². The van der Waals surface area contributed by atoms with Crippen molar-refractivity contribution in [2.75, 3.05) is 26.2 Å². The van der Waals surface area contributed by atoms with E-state index in [1.807, 2.05) is 0 Å². The van der Waals surface area contributed by atoms with Gasteiger partial charge in [0.05, 0.1) is 6.10 Å². The van der Waals surface area contributed by atoms with Crippen LogP contribution in [-0.4, -0.2) is 43.3 Å². The van der Waals surface area contributed by atoms with Crippen molar-refractivity contribution in [2.45, 2.75) is 51.7 Å². The quantitative estimate of drug-likeness (QED) is 0.755.